The SMILES string of the molecule is COc1cc2ncnc(N3CCC(NC4CC4)CC3)c2cc1OC. The van der Waals surface area contributed by atoms with Crippen LogP contribution in [0.2, 0.25) is 0 Å². The zero-order valence-electron chi connectivity index (χ0n) is 14.3. The molecule has 2 heterocycles. The molecule has 0 spiro atoms. The Morgan fingerprint density at radius 1 is 0.958 bits per heavy atom. The zero-order chi connectivity index (χ0) is 16.5. The Morgan fingerprint density at radius 2 is 1.62 bits per heavy atom. The van der Waals surface area contributed by atoms with Gasteiger partial charge in [0.15, 0.2) is 11.5 Å². The van der Waals surface area contributed by atoms with Gasteiger partial charge in [-0.15, -0.1) is 0 Å². The second kappa shape index (κ2) is 6.43. The summed E-state index contributed by atoms with van der Waals surface area (Å²) in [4.78, 5) is 11.3. The molecule has 0 bridgehead atoms. The molecule has 0 unspecified atom stereocenters. The van der Waals surface area contributed by atoms with Gasteiger partial charge in [-0.05, 0) is 31.7 Å². The molecule has 2 fully saturated rings. The van der Waals surface area contributed by atoms with Gasteiger partial charge in [-0.2, -0.15) is 0 Å². The van der Waals surface area contributed by atoms with Crippen LogP contribution in [0.25, 0.3) is 10.9 Å². The van der Waals surface area contributed by atoms with E-state index in [9.17, 15) is 0 Å². The van der Waals surface area contributed by atoms with Crippen molar-refractivity contribution in [3.05, 3.63) is 18.5 Å². The molecule has 1 aliphatic heterocycles. The molecule has 2 aromatic rings. The molecule has 0 atom stereocenters. The average Bonchev–Trinajstić information content (AvgIpc) is 3.44. The molecule has 2 aliphatic rings. The molecule has 1 N–H and O–H groups in total. The zero-order valence-corrected chi connectivity index (χ0v) is 14.3. The number of rotatable bonds is 5. The highest BCUT2D eigenvalue weighted by molar-refractivity contribution is 5.92. The standard InChI is InChI=1S/C18H24N4O2/c1-23-16-9-14-15(10-17(16)24-2)19-11-20-18(14)22-7-5-13(6-8-22)21-12-3-4-12/h9-13,21H,3-8H2,1-2H3. The minimum Gasteiger partial charge on any atom is -0.493 e. The van der Waals surface area contributed by atoms with Crippen molar-refractivity contribution < 1.29 is 9.47 Å². The lowest BCUT2D eigenvalue weighted by Crippen LogP contribution is -2.43. The molecule has 128 valence electrons. The van der Waals surface area contributed by atoms with Crippen LogP contribution in [0, 0.1) is 0 Å². The lowest BCUT2D eigenvalue weighted by atomic mass is 10.0. The highest BCUT2D eigenvalue weighted by atomic mass is 16.5. The molecule has 1 aliphatic carbocycles. The number of ether oxygens (including phenoxy) is 2. The minimum absolute atomic E-state index is 0.650. The van der Waals surface area contributed by atoms with Crippen molar-refractivity contribution >= 4 is 16.7 Å². The number of piperidine rings is 1. The van der Waals surface area contributed by atoms with E-state index >= 15 is 0 Å². The van der Waals surface area contributed by atoms with Gasteiger partial charge in [0, 0.05) is 36.6 Å². The molecule has 1 aromatic heterocycles. The van der Waals surface area contributed by atoms with Crippen molar-refractivity contribution in [2.75, 3.05) is 32.2 Å². The lowest BCUT2D eigenvalue weighted by Gasteiger charge is -2.33. The number of anilines is 1. The van der Waals surface area contributed by atoms with Crippen LogP contribution in [-0.2, 0) is 0 Å². The molecular weight excluding hydrogens is 304 g/mol. The Balaban J connectivity index is 1.59. The molecule has 0 radical (unpaired) electrons. The van der Waals surface area contributed by atoms with Crippen LogP contribution in [0.4, 0.5) is 5.82 Å². The Bertz CT molecular complexity index is 724. The fraction of sp³-hybridized carbons (Fsp3) is 0.556. The Labute approximate surface area is 142 Å². The van der Waals surface area contributed by atoms with Crippen LogP contribution < -0.4 is 19.7 Å². The van der Waals surface area contributed by atoms with Gasteiger partial charge in [-0.3, -0.25) is 0 Å². The molecular formula is C18H24N4O2. The van der Waals surface area contributed by atoms with Crippen molar-refractivity contribution in [1.29, 1.82) is 0 Å². The fourth-order valence-corrected chi connectivity index (χ4v) is 3.46. The summed E-state index contributed by atoms with van der Waals surface area (Å²) >= 11 is 0. The number of hydrogen-bond donors (Lipinski definition) is 1. The summed E-state index contributed by atoms with van der Waals surface area (Å²) in [6.07, 6.45) is 6.65. The molecule has 24 heavy (non-hydrogen) atoms. The first-order chi connectivity index (χ1) is 11.8. The van der Waals surface area contributed by atoms with Gasteiger partial charge < -0.3 is 19.7 Å². The third kappa shape index (κ3) is 2.98. The van der Waals surface area contributed by atoms with Crippen molar-refractivity contribution in [3.8, 4) is 11.5 Å². The summed E-state index contributed by atoms with van der Waals surface area (Å²) in [7, 11) is 3.30. The molecule has 6 heteroatoms. The summed E-state index contributed by atoms with van der Waals surface area (Å²) in [5.74, 6) is 2.40. The van der Waals surface area contributed by atoms with Gasteiger partial charge in [0.25, 0.3) is 0 Å². The minimum atomic E-state index is 0.650. The molecule has 1 saturated carbocycles. The van der Waals surface area contributed by atoms with Gasteiger partial charge in [0.1, 0.15) is 12.1 Å². The van der Waals surface area contributed by atoms with Gasteiger partial charge in [-0.25, -0.2) is 9.97 Å². The van der Waals surface area contributed by atoms with Gasteiger partial charge in [0.05, 0.1) is 19.7 Å². The topological polar surface area (TPSA) is 59.5 Å². The summed E-state index contributed by atoms with van der Waals surface area (Å²) in [5.41, 5.74) is 0.885. The number of benzene rings is 1. The van der Waals surface area contributed by atoms with E-state index in [-0.39, 0.29) is 0 Å². The molecule has 6 nitrogen and oxygen atoms in total. The summed E-state index contributed by atoms with van der Waals surface area (Å²) in [6.45, 7) is 2.04. The van der Waals surface area contributed by atoms with Crippen molar-refractivity contribution in [2.45, 2.75) is 37.8 Å². The van der Waals surface area contributed by atoms with E-state index in [4.69, 9.17) is 9.47 Å². The maximum Gasteiger partial charge on any atom is 0.162 e. The van der Waals surface area contributed by atoms with Crippen molar-refractivity contribution in [3.63, 3.8) is 0 Å². The Kier molecular flexibility index (Phi) is 4.14. The Morgan fingerprint density at radius 3 is 2.29 bits per heavy atom. The number of nitrogens with zero attached hydrogens (tertiary/aromatic N) is 3. The average molecular weight is 328 g/mol. The maximum atomic E-state index is 5.45. The van der Waals surface area contributed by atoms with Crippen LogP contribution in [-0.4, -0.2) is 49.4 Å². The number of hydrogen-bond acceptors (Lipinski definition) is 6. The Hall–Kier alpha value is -2.08. The highest BCUT2D eigenvalue weighted by Crippen LogP contribution is 2.35. The van der Waals surface area contributed by atoms with Crippen molar-refractivity contribution in [2.24, 2.45) is 0 Å². The van der Waals surface area contributed by atoms with Crippen LogP contribution in [0.5, 0.6) is 11.5 Å². The molecule has 1 aromatic carbocycles. The van der Waals surface area contributed by atoms with Gasteiger partial charge in [0.2, 0.25) is 0 Å². The highest BCUT2D eigenvalue weighted by Gasteiger charge is 2.28. The lowest BCUT2D eigenvalue weighted by molar-refractivity contribution is 0.355. The molecule has 1 saturated heterocycles. The second-order valence-electron chi connectivity index (χ2n) is 6.62. The summed E-state index contributed by atoms with van der Waals surface area (Å²) in [6, 6.07) is 5.33. The van der Waals surface area contributed by atoms with Crippen LogP contribution in [0.1, 0.15) is 25.7 Å². The van der Waals surface area contributed by atoms with E-state index in [1.54, 1.807) is 20.5 Å². The number of aromatic nitrogens is 2. The summed E-state index contributed by atoms with van der Waals surface area (Å²) in [5, 5.41) is 4.76. The van der Waals surface area contributed by atoms with Crippen LogP contribution in [0.3, 0.4) is 0 Å². The predicted molar refractivity (Wildman–Crippen MR) is 94.0 cm³/mol. The van der Waals surface area contributed by atoms with Crippen molar-refractivity contribution in [1.82, 2.24) is 15.3 Å². The van der Waals surface area contributed by atoms with E-state index in [1.807, 2.05) is 12.1 Å². The predicted octanol–water partition coefficient (Wildman–Crippen LogP) is 2.37. The van der Waals surface area contributed by atoms with Gasteiger partial charge >= 0.3 is 0 Å². The van der Waals surface area contributed by atoms with Crippen LogP contribution >= 0.6 is 0 Å². The smallest absolute Gasteiger partial charge is 0.162 e. The molecule has 4 rings (SSSR count). The first-order valence-electron chi connectivity index (χ1n) is 8.66. The number of nitrogens with one attached hydrogen (secondary N) is 1. The largest absolute Gasteiger partial charge is 0.493 e. The number of fused-ring (bicyclic) bond motifs is 1. The second-order valence-corrected chi connectivity index (χ2v) is 6.62. The van der Waals surface area contributed by atoms with Gasteiger partial charge in [-0.1, -0.05) is 0 Å². The quantitative estimate of drug-likeness (QED) is 0.909. The normalized spacial score (nSPS) is 18.8. The van der Waals surface area contributed by atoms with E-state index in [0.717, 1.165) is 48.7 Å². The maximum absolute atomic E-state index is 5.45. The monoisotopic (exact) mass is 328 g/mol. The number of methoxy groups -OCH3 is 2. The van der Waals surface area contributed by atoms with E-state index in [2.05, 4.69) is 20.2 Å². The third-order valence-corrected chi connectivity index (χ3v) is 4.96. The third-order valence-electron chi connectivity index (χ3n) is 4.96. The molecule has 0 amide bonds. The van der Waals surface area contributed by atoms with Crippen LogP contribution in [0.15, 0.2) is 18.5 Å². The van der Waals surface area contributed by atoms with E-state index in [0.29, 0.717) is 17.5 Å². The van der Waals surface area contributed by atoms with E-state index in [1.165, 1.54) is 12.8 Å². The fourth-order valence-electron chi connectivity index (χ4n) is 3.46. The first kappa shape index (κ1) is 15.4. The summed E-state index contributed by atoms with van der Waals surface area (Å²) < 4.78 is 10.8. The van der Waals surface area contributed by atoms with E-state index < -0.39 is 0 Å². The first-order valence-corrected chi connectivity index (χ1v) is 8.66.